The number of anilines is 1. The average Bonchev–Trinajstić information content (AvgIpc) is 2.35. The van der Waals surface area contributed by atoms with Gasteiger partial charge in [-0.25, -0.2) is 4.98 Å². The van der Waals surface area contributed by atoms with Crippen LogP contribution >= 0.6 is 11.6 Å². The molecular weight excluding hydrogens is 254 g/mol. The van der Waals surface area contributed by atoms with Gasteiger partial charge >= 0.3 is 0 Å². The monoisotopic (exact) mass is 271 g/mol. The molecule has 1 N–H and O–H groups in total. The van der Waals surface area contributed by atoms with E-state index in [1.165, 1.54) is 11.0 Å². The molecule has 0 aliphatic carbocycles. The van der Waals surface area contributed by atoms with Gasteiger partial charge in [-0.15, -0.1) is 0 Å². The van der Waals surface area contributed by atoms with E-state index in [1.54, 1.807) is 24.9 Å². The Balaban J connectivity index is 3.06. The van der Waals surface area contributed by atoms with E-state index in [9.17, 15) is 4.79 Å². The van der Waals surface area contributed by atoms with Gasteiger partial charge in [-0.1, -0.05) is 11.6 Å². The van der Waals surface area contributed by atoms with Gasteiger partial charge in [-0.3, -0.25) is 4.79 Å². The molecule has 0 saturated heterocycles. The first-order chi connectivity index (χ1) is 8.36. The molecule has 0 aliphatic heterocycles. The van der Waals surface area contributed by atoms with Crippen LogP contribution in [0.2, 0.25) is 5.15 Å². The smallest absolute Gasteiger partial charge is 0.254 e. The summed E-state index contributed by atoms with van der Waals surface area (Å²) in [5.41, 5.74) is 0.460. The van der Waals surface area contributed by atoms with E-state index in [0.29, 0.717) is 11.4 Å². The van der Waals surface area contributed by atoms with Crippen LogP contribution in [0, 0.1) is 0 Å². The summed E-state index contributed by atoms with van der Waals surface area (Å²) in [7, 11) is 5.30. The predicted octanol–water partition coefficient (Wildman–Crippen LogP) is 1.25. The van der Waals surface area contributed by atoms with Gasteiger partial charge in [0.2, 0.25) is 0 Å². The molecule has 1 heterocycles. The first-order valence-corrected chi connectivity index (χ1v) is 5.97. The molecule has 0 bridgehead atoms. The molecule has 0 spiro atoms. The molecule has 0 saturated carbocycles. The van der Waals surface area contributed by atoms with Gasteiger partial charge < -0.3 is 14.9 Å². The summed E-state index contributed by atoms with van der Waals surface area (Å²) in [5, 5.41) is 9.33. The van der Waals surface area contributed by atoms with Crippen LogP contribution < -0.4 is 4.90 Å². The summed E-state index contributed by atoms with van der Waals surface area (Å²) in [6, 6.07) is 2.96. The largest absolute Gasteiger partial charge is 0.394 e. The predicted molar refractivity (Wildman–Crippen MR) is 72.2 cm³/mol. The van der Waals surface area contributed by atoms with Crippen molar-refractivity contribution in [1.29, 1.82) is 0 Å². The Kier molecular flexibility index (Phi) is 4.93. The van der Waals surface area contributed by atoms with Gasteiger partial charge in [0.05, 0.1) is 12.6 Å². The summed E-state index contributed by atoms with van der Waals surface area (Å²) >= 11 is 5.90. The van der Waals surface area contributed by atoms with Gasteiger partial charge in [-0.2, -0.15) is 0 Å². The van der Waals surface area contributed by atoms with Gasteiger partial charge in [-0.05, 0) is 19.1 Å². The van der Waals surface area contributed by atoms with Crippen molar-refractivity contribution < 1.29 is 9.90 Å². The van der Waals surface area contributed by atoms with E-state index in [1.807, 2.05) is 14.1 Å². The van der Waals surface area contributed by atoms with E-state index in [-0.39, 0.29) is 23.7 Å². The van der Waals surface area contributed by atoms with Crippen molar-refractivity contribution >= 4 is 23.3 Å². The third-order valence-electron chi connectivity index (χ3n) is 2.73. The van der Waals surface area contributed by atoms with Crippen molar-refractivity contribution in [3.05, 3.63) is 22.8 Å². The fourth-order valence-corrected chi connectivity index (χ4v) is 1.57. The number of aliphatic hydroxyl groups is 1. The summed E-state index contributed by atoms with van der Waals surface area (Å²) < 4.78 is 0. The molecule has 100 valence electrons. The van der Waals surface area contributed by atoms with Gasteiger partial charge in [0.25, 0.3) is 5.91 Å². The minimum atomic E-state index is -0.243. The highest BCUT2D eigenvalue weighted by Gasteiger charge is 2.18. The number of hydrogen-bond acceptors (Lipinski definition) is 4. The Morgan fingerprint density at radius 2 is 2.06 bits per heavy atom. The fourth-order valence-electron chi connectivity index (χ4n) is 1.36. The number of hydrogen-bond donors (Lipinski definition) is 1. The maximum absolute atomic E-state index is 12.2. The highest BCUT2D eigenvalue weighted by Crippen LogP contribution is 2.18. The molecule has 0 aliphatic rings. The van der Waals surface area contributed by atoms with Crippen LogP contribution in [0.4, 0.5) is 5.82 Å². The lowest BCUT2D eigenvalue weighted by Crippen LogP contribution is -2.37. The Labute approximate surface area is 112 Å². The molecule has 5 nitrogen and oxygen atoms in total. The number of carbonyl (C=O) groups excluding carboxylic acids is 1. The minimum absolute atomic E-state index is 0.0818. The highest BCUT2D eigenvalue weighted by atomic mass is 35.5. The van der Waals surface area contributed by atoms with Crippen molar-refractivity contribution in [2.24, 2.45) is 0 Å². The topological polar surface area (TPSA) is 56.7 Å². The number of carbonyl (C=O) groups is 1. The molecule has 0 aromatic carbocycles. The van der Waals surface area contributed by atoms with Crippen LogP contribution in [0.25, 0.3) is 0 Å². The molecule has 1 atom stereocenters. The quantitative estimate of drug-likeness (QED) is 0.838. The number of aromatic nitrogens is 1. The lowest BCUT2D eigenvalue weighted by Gasteiger charge is -2.23. The zero-order chi connectivity index (χ0) is 13.9. The number of rotatable bonds is 4. The number of amides is 1. The third-order valence-corrected chi connectivity index (χ3v) is 2.93. The summed E-state index contributed by atoms with van der Waals surface area (Å²) in [6.07, 6.45) is 0. The minimum Gasteiger partial charge on any atom is -0.394 e. The van der Waals surface area contributed by atoms with Crippen LogP contribution in [0.3, 0.4) is 0 Å². The zero-order valence-corrected chi connectivity index (χ0v) is 11.8. The molecule has 1 rings (SSSR count). The molecule has 0 fully saturated rings. The maximum atomic E-state index is 12.2. The van der Waals surface area contributed by atoms with Crippen molar-refractivity contribution in [3.63, 3.8) is 0 Å². The van der Waals surface area contributed by atoms with Crippen LogP contribution in [0.15, 0.2) is 12.1 Å². The van der Waals surface area contributed by atoms with Crippen molar-refractivity contribution in [1.82, 2.24) is 9.88 Å². The van der Waals surface area contributed by atoms with E-state index in [2.05, 4.69) is 4.98 Å². The first kappa shape index (κ1) is 14.7. The summed E-state index contributed by atoms with van der Waals surface area (Å²) in [5.74, 6) is 0.430. The molecule has 1 unspecified atom stereocenters. The molecular formula is C12H18ClN3O2. The van der Waals surface area contributed by atoms with Crippen LogP contribution in [0.5, 0.6) is 0 Å². The third kappa shape index (κ3) is 3.34. The van der Waals surface area contributed by atoms with Crippen molar-refractivity contribution in [2.75, 3.05) is 32.6 Å². The Morgan fingerprint density at radius 3 is 2.56 bits per heavy atom. The van der Waals surface area contributed by atoms with Gasteiger partial charge in [0.1, 0.15) is 11.0 Å². The van der Waals surface area contributed by atoms with E-state index in [0.717, 1.165) is 0 Å². The van der Waals surface area contributed by atoms with Crippen molar-refractivity contribution in [2.45, 2.75) is 13.0 Å². The number of halogens is 1. The zero-order valence-electron chi connectivity index (χ0n) is 11.0. The number of pyridine rings is 1. The molecule has 1 amide bonds. The lowest BCUT2D eigenvalue weighted by atomic mass is 10.2. The van der Waals surface area contributed by atoms with Crippen LogP contribution in [-0.2, 0) is 0 Å². The standard InChI is InChI=1S/C12H18ClN3O2/c1-8(7-17)16(4)12(18)9-5-10(13)14-11(6-9)15(2)3/h5-6,8,17H,7H2,1-4H3. The van der Waals surface area contributed by atoms with Gasteiger partial charge in [0.15, 0.2) is 0 Å². The second-order valence-electron chi connectivity index (χ2n) is 4.38. The van der Waals surface area contributed by atoms with Crippen molar-refractivity contribution in [3.8, 4) is 0 Å². The number of aliphatic hydroxyl groups excluding tert-OH is 1. The Morgan fingerprint density at radius 1 is 1.44 bits per heavy atom. The number of likely N-dealkylation sites (N-methyl/N-ethyl adjacent to an activating group) is 1. The average molecular weight is 272 g/mol. The van der Waals surface area contributed by atoms with Gasteiger partial charge in [0, 0.05) is 26.7 Å². The lowest BCUT2D eigenvalue weighted by molar-refractivity contribution is 0.0682. The van der Waals surface area contributed by atoms with E-state index >= 15 is 0 Å². The summed E-state index contributed by atoms with van der Waals surface area (Å²) in [6.45, 7) is 1.69. The second kappa shape index (κ2) is 6.02. The second-order valence-corrected chi connectivity index (χ2v) is 4.77. The van der Waals surface area contributed by atoms with Crippen LogP contribution in [-0.4, -0.2) is 54.7 Å². The SMILES string of the molecule is CC(CO)N(C)C(=O)c1cc(Cl)nc(N(C)C)c1. The molecule has 1 aromatic rings. The first-order valence-electron chi connectivity index (χ1n) is 5.59. The molecule has 18 heavy (non-hydrogen) atoms. The molecule has 1 aromatic heterocycles. The Bertz CT molecular complexity index is 437. The van der Waals surface area contributed by atoms with Crippen LogP contribution in [0.1, 0.15) is 17.3 Å². The molecule has 0 radical (unpaired) electrons. The van der Waals surface area contributed by atoms with E-state index < -0.39 is 0 Å². The maximum Gasteiger partial charge on any atom is 0.254 e. The highest BCUT2D eigenvalue weighted by molar-refractivity contribution is 6.29. The molecule has 6 heteroatoms. The number of nitrogens with zero attached hydrogens (tertiary/aromatic N) is 3. The fraction of sp³-hybridized carbons (Fsp3) is 0.500. The van der Waals surface area contributed by atoms with E-state index in [4.69, 9.17) is 16.7 Å². The normalized spacial score (nSPS) is 12.1. The Hall–Kier alpha value is -1.33. The summed E-state index contributed by atoms with van der Waals surface area (Å²) in [4.78, 5) is 19.5.